The standard InChI is InChI=1S/C24H20N2O5S/c27-22(25-14-19-10-6-12-30-19)15-26-23(28)21(32-24(26)29)13-18-9-4-5-11-20(18)31-16-17-7-2-1-3-8-17/h1-13H,14-16H2,(H,25,27)/b21-13-. The molecular weight excluding hydrogens is 428 g/mol. The molecule has 3 aromatic rings. The van der Waals surface area contributed by atoms with Crippen molar-refractivity contribution in [3.8, 4) is 5.75 Å². The van der Waals surface area contributed by atoms with Gasteiger partial charge in [-0.2, -0.15) is 0 Å². The van der Waals surface area contributed by atoms with Crippen LogP contribution in [0.1, 0.15) is 16.9 Å². The third-order valence-electron chi connectivity index (χ3n) is 4.66. The summed E-state index contributed by atoms with van der Waals surface area (Å²) in [5.74, 6) is 0.224. The Hall–Kier alpha value is -3.78. The van der Waals surface area contributed by atoms with E-state index in [1.165, 1.54) is 6.26 Å². The van der Waals surface area contributed by atoms with Crippen LogP contribution in [0.15, 0.2) is 82.3 Å². The third kappa shape index (κ3) is 5.28. The number of carbonyl (C=O) groups is 3. The van der Waals surface area contributed by atoms with Crippen LogP contribution in [0.25, 0.3) is 6.08 Å². The lowest BCUT2D eigenvalue weighted by Gasteiger charge is -2.12. The van der Waals surface area contributed by atoms with E-state index in [0.717, 1.165) is 22.2 Å². The summed E-state index contributed by atoms with van der Waals surface area (Å²) in [5, 5.41) is 2.14. The highest BCUT2D eigenvalue weighted by Crippen LogP contribution is 2.34. The van der Waals surface area contributed by atoms with Crippen molar-refractivity contribution in [1.29, 1.82) is 0 Å². The van der Waals surface area contributed by atoms with Gasteiger partial charge in [0.15, 0.2) is 0 Å². The van der Waals surface area contributed by atoms with Gasteiger partial charge in [0.1, 0.15) is 24.7 Å². The van der Waals surface area contributed by atoms with Gasteiger partial charge < -0.3 is 14.5 Å². The van der Waals surface area contributed by atoms with Gasteiger partial charge in [-0.25, -0.2) is 0 Å². The molecule has 1 fully saturated rings. The minimum atomic E-state index is -0.508. The Morgan fingerprint density at radius 2 is 1.81 bits per heavy atom. The molecule has 0 unspecified atom stereocenters. The fourth-order valence-electron chi connectivity index (χ4n) is 3.04. The highest BCUT2D eigenvalue weighted by Gasteiger charge is 2.36. The molecule has 32 heavy (non-hydrogen) atoms. The molecule has 4 rings (SSSR count). The zero-order valence-corrected chi connectivity index (χ0v) is 17.8. The number of rotatable bonds is 8. The van der Waals surface area contributed by atoms with Gasteiger partial charge in [-0.3, -0.25) is 19.3 Å². The zero-order valence-electron chi connectivity index (χ0n) is 17.0. The molecule has 1 N–H and O–H groups in total. The number of furan rings is 1. The molecule has 162 valence electrons. The number of ether oxygens (including phenoxy) is 1. The Labute approximate surface area is 189 Å². The number of nitrogens with one attached hydrogen (secondary N) is 1. The van der Waals surface area contributed by atoms with Gasteiger partial charge in [-0.15, -0.1) is 0 Å². The van der Waals surface area contributed by atoms with Crippen molar-refractivity contribution >= 4 is 34.9 Å². The summed E-state index contributed by atoms with van der Waals surface area (Å²) < 4.78 is 11.1. The van der Waals surface area contributed by atoms with Gasteiger partial charge in [0.25, 0.3) is 11.1 Å². The Kier molecular flexibility index (Phi) is 6.72. The minimum absolute atomic E-state index is 0.185. The smallest absolute Gasteiger partial charge is 0.294 e. The van der Waals surface area contributed by atoms with Crippen LogP contribution in [-0.4, -0.2) is 28.5 Å². The summed E-state index contributed by atoms with van der Waals surface area (Å²) in [4.78, 5) is 38.5. The van der Waals surface area contributed by atoms with Gasteiger partial charge in [0.2, 0.25) is 5.91 Å². The second kappa shape index (κ2) is 10.0. The Morgan fingerprint density at radius 3 is 2.59 bits per heavy atom. The Bertz CT molecular complexity index is 1140. The first-order valence-electron chi connectivity index (χ1n) is 9.90. The van der Waals surface area contributed by atoms with Gasteiger partial charge in [-0.1, -0.05) is 48.5 Å². The fraction of sp³-hybridized carbons (Fsp3) is 0.125. The van der Waals surface area contributed by atoms with E-state index in [0.29, 0.717) is 23.7 Å². The first kappa shape index (κ1) is 21.5. The highest BCUT2D eigenvalue weighted by atomic mass is 32.2. The number of hydrogen-bond acceptors (Lipinski definition) is 6. The molecule has 0 radical (unpaired) electrons. The Balaban J connectivity index is 1.41. The number of thioether (sulfide) groups is 1. The van der Waals surface area contributed by atoms with Crippen molar-refractivity contribution in [3.63, 3.8) is 0 Å². The number of nitrogens with zero attached hydrogens (tertiary/aromatic N) is 1. The van der Waals surface area contributed by atoms with Crippen LogP contribution in [0.2, 0.25) is 0 Å². The van der Waals surface area contributed by atoms with Crippen LogP contribution in [0.3, 0.4) is 0 Å². The molecule has 0 aliphatic carbocycles. The molecule has 0 atom stereocenters. The summed E-state index contributed by atoms with van der Waals surface area (Å²) in [7, 11) is 0. The number of hydrogen-bond donors (Lipinski definition) is 1. The molecule has 0 saturated carbocycles. The lowest BCUT2D eigenvalue weighted by molar-refractivity contribution is -0.129. The quantitative estimate of drug-likeness (QED) is 0.520. The SMILES string of the molecule is O=C(CN1C(=O)S/C(=C\c2ccccc2OCc2ccccc2)C1=O)NCc1ccco1. The summed E-state index contributed by atoms with van der Waals surface area (Å²) in [6, 6.07) is 20.5. The average molecular weight is 449 g/mol. The van der Waals surface area contributed by atoms with Crippen LogP contribution in [0.5, 0.6) is 5.75 Å². The van der Waals surface area contributed by atoms with E-state index >= 15 is 0 Å². The van der Waals surface area contributed by atoms with Gasteiger partial charge >= 0.3 is 0 Å². The van der Waals surface area contributed by atoms with Gasteiger partial charge in [0, 0.05) is 5.56 Å². The van der Waals surface area contributed by atoms with Crippen molar-refractivity contribution in [2.45, 2.75) is 13.2 Å². The van der Waals surface area contributed by atoms with Gasteiger partial charge in [0.05, 0.1) is 17.7 Å². The largest absolute Gasteiger partial charge is 0.488 e. The minimum Gasteiger partial charge on any atom is -0.488 e. The van der Waals surface area contributed by atoms with Crippen molar-refractivity contribution in [2.75, 3.05) is 6.54 Å². The van der Waals surface area contributed by atoms with Crippen LogP contribution >= 0.6 is 11.8 Å². The summed E-state index contributed by atoms with van der Waals surface area (Å²) in [6.07, 6.45) is 3.12. The van der Waals surface area contributed by atoms with Crippen LogP contribution in [0.4, 0.5) is 4.79 Å². The van der Waals surface area contributed by atoms with Gasteiger partial charge in [-0.05, 0) is 41.6 Å². The number of amides is 3. The maximum Gasteiger partial charge on any atom is 0.294 e. The number of carbonyl (C=O) groups excluding carboxylic acids is 3. The molecule has 0 spiro atoms. The topological polar surface area (TPSA) is 88.8 Å². The molecule has 1 aromatic heterocycles. The molecule has 7 nitrogen and oxygen atoms in total. The van der Waals surface area contributed by atoms with E-state index < -0.39 is 17.1 Å². The summed E-state index contributed by atoms with van der Waals surface area (Å²) in [6.45, 7) is 0.210. The molecule has 0 bridgehead atoms. The molecular formula is C24H20N2O5S. The lowest BCUT2D eigenvalue weighted by atomic mass is 10.1. The predicted molar refractivity (Wildman–Crippen MR) is 120 cm³/mol. The van der Waals surface area contributed by atoms with E-state index in [-0.39, 0.29) is 18.0 Å². The van der Waals surface area contributed by atoms with E-state index in [4.69, 9.17) is 9.15 Å². The van der Waals surface area contributed by atoms with Crippen molar-refractivity contribution < 1.29 is 23.5 Å². The second-order valence-electron chi connectivity index (χ2n) is 6.94. The monoisotopic (exact) mass is 448 g/mol. The highest BCUT2D eigenvalue weighted by molar-refractivity contribution is 8.18. The van der Waals surface area contributed by atoms with Crippen molar-refractivity contribution in [3.05, 3.63) is 94.8 Å². The molecule has 1 saturated heterocycles. The second-order valence-corrected chi connectivity index (χ2v) is 7.93. The molecule has 2 aromatic carbocycles. The normalized spacial score (nSPS) is 14.8. The third-order valence-corrected chi connectivity index (χ3v) is 5.57. The molecule has 3 amide bonds. The van der Waals surface area contributed by atoms with Crippen LogP contribution in [-0.2, 0) is 22.7 Å². The summed E-state index contributed by atoms with van der Waals surface area (Å²) in [5.41, 5.74) is 1.69. The maximum absolute atomic E-state index is 12.8. The van der Waals surface area contributed by atoms with Crippen LogP contribution in [0, 0.1) is 0 Å². The van der Waals surface area contributed by atoms with Crippen molar-refractivity contribution in [1.82, 2.24) is 10.2 Å². The summed E-state index contributed by atoms with van der Waals surface area (Å²) >= 11 is 0.802. The molecule has 2 heterocycles. The molecule has 8 heteroatoms. The fourth-order valence-corrected chi connectivity index (χ4v) is 3.87. The molecule has 1 aliphatic heterocycles. The van der Waals surface area contributed by atoms with Crippen LogP contribution < -0.4 is 10.1 Å². The van der Waals surface area contributed by atoms with E-state index in [1.807, 2.05) is 48.5 Å². The van der Waals surface area contributed by atoms with Crippen molar-refractivity contribution in [2.24, 2.45) is 0 Å². The Morgan fingerprint density at radius 1 is 1.03 bits per heavy atom. The number of para-hydroxylation sites is 1. The van der Waals surface area contributed by atoms with E-state index in [1.54, 1.807) is 24.3 Å². The molecule has 1 aliphatic rings. The van der Waals surface area contributed by atoms with E-state index in [2.05, 4.69) is 5.32 Å². The number of benzene rings is 2. The first-order chi connectivity index (χ1) is 15.6. The average Bonchev–Trinajstić information content (AvgIpc) is 3.42. The van der Waals surface area contributed by atoms with E-state index in [9.17, 15) is 14.4 Å². The predicted octanol–water partition coefficient (Wildman–Crippen LogP) is 4.21. The maximum atomic E-state index is 12.8. The zero-order chi connectivity index (χ0) is 22.3. The number of imide groups is 1. The lowest BCUT2D eigenvalue weighted by Crippen LogP contribution is -2.39. The first-order valence-corrected chi connectivity index (χ1v) is 10.7.